The summed E-state index contributed by atoms with van der Waals surface area (Å²) in [6.45, 7) is 4.73. The Morgan fingerprint density at radius 3 is 2.71 bits per heavy atom. The summed E-state index contributed by atoms with van der Waals surface area (Å²) >= 11 is 0. The Kier molecular flexibility index (Phi) is 5.36. The second kappa shape index (κ2) is 7.04. The minimum absolute atomic E-state index is 0.318. The van der Waals surface area contributed by atoms with Crippen LogP contribution in [-0.2, 0) is 15.0 Å². The molecular weight excluding hydrogens is 290 g/mol. The van der Waals surface area contributed by atoms with E-state index in [1.807, 2.05) is 19.1 Å². The molecule has 0 bridgehead atoms. The van der Waals surface area contributed by atoms with Crippen molar-refractivity contribution in [3.05, 3.63) is 29.8 Å². The van der Waals surface area contributed by atoms with E-state index in [9.17, 15) is 8.42 Å². The molecule has 1 aliphatic heterocycles. The van der Waals surface area contributed by atoms with Crippen molar-refractivity contribution in [2.45, 2.75) is 45.6 Å². The van der Waals surface area contributed by atoms with Crippen LogP contribution in [-0.4, -0.2) is 26.8 Å². The van der Waals surface area contributed by atoms with Gasteiger partial charge in [-0.15, -0.1) is 4.40 Å². The molecule has 0 saturated carbocycles. The largest absolute Gasteiger partial charge is 0.428 e. The summed E-state index contributed by atoms with van der Waals surface area (Å²) in [6.07, 6.45) is 3.27. The summed E-state index contributed by atoms with van der Waals surface area (Å²) in [7, 11) is -3.93. The predicted octanol–water partition coefficient (Wildman–Crippen LogP) is 3.10. The maximum absolute atomic E-state index is 11.8. The van der Waals surface area contributed by atoms with E-state index in [0.29, 0.717) is 23.6 Å². The highest BCUT2D eigenvalue weighted by molar-refractivity contribution is 7.86. The van der Waals surface area contributed by atoms with E-state index in [0.717, 1.165) is 25.7 Å². The molecule has 1 unspecified atom stereocenters. The third-order valence-corrected chi connectivity index (χ3v) is 4.05. The molecule has 0 spiro atoms. The molecule has 1 atom stereocenters. The second-order valence-electron chi connectivity index (χ2n) is 4.99. The summed E-state index contributed by atoms with van der Waals surface area (Å²) in [4.78, 5) is 0. The minimum atomic E-state index is -3.93. The average Bonchev–Trinajstić information content (AvgIpc) is 2.45. The van der Waals surface area contributed by atoms with E-state index in [2.05, 4.69) is 11.3 Å². The van der Waals surface area contributed by atoms with E-state index in [1.165, 1.54) is 0 Å². The molecule has 116 valence electrons. The predicted molar refractivity (Wildman–Crippen MR) is 82.1 cm³/mol. The minimum Gasteiger partial charge on any atom is -0.372 e. The molecular formula is C15H21NO4S. The Morgan fingerprint density at radius 1 is 1.24 bits per heavy atom. The summed E-state index contributed by atoms with van der Waals surface area (Å²) in [5.41, 5.74) is 1.15. The first kappa shape index (κ1) is 16.0. The van der Waals surface area contributed by atoms with Crippen LogP contribution in [0.4, 0.5) is 0 Å². The highest BCUT2D eigenvalue weighted by atomic mass is 32.2. The summed E-state index contributed by atoms with van der Waals surface area (Å²) in [6, 6.07) is 7.03. The van der Waals surface area contributed by atoms with Crippen molar-refractivity contribution in [2.24, 2.45) is 4.40 Å². The molecule has 0 amide bonds. The maximum atomic E-state index is 11.8. The van der Waals surface area contributed by atoms with Crippen LogP contribution < -0.4 is 4.18 Å². The molecule has 21 heavy (non-hydrogen) atoms. The van der Waals surface area contributed by atoms with Crippen LogP contribution in [0.2, 0.25) is 0 Å². The average molecular weight is 311 g/mol. The quantitative estimate of drug-likeness (QED) is 0.726. The van der Waals surface area contributed by atoms with Crippen LogP contribution in [0.3, 0.4) is 0 Å². The number of fused-ring (bicyclic) bond motifs is 1. The van der Waals surface area contributed by atoms with Crippen LogP contribution in [0.1, 0.15) is 45.1 Å². The van der Waals surface area contributed by atoms with Gasteiger partial charge in [-0.25, -0.2) is 0 Å². The molecule has 0 saturated heterocycles. The van der Waals surface area contributed by atoms with Crippen LogP contribution >= 0.6 is 0 Å². The SMILES string of the molecule is CCCCOC(CCC)C1=NS(=O)(=O)Oc2ccccc21. The van der Waals surface area contributed by atoms with Crippen molar-refractivity contribution in [1.29, 1.82) is 0 Å². The number of unbranched alkanes of at least 4 members (excludes halogenated alkanes) is 1. The van der Waals surface area contributed by atoms with E-state index in [1.54, 1.807) is 12.1 Å². The van der Waals surface area contributed by atoms with Crippen LogP contribution in [0.15, 0.2) is 28.7 Å². The Labute approximate surface area is 126 Å². The molecule has 1 aromatic rings. The molecule has 0 N–H and O–H groups in total. The topological polar surface area (TPSA) is 65.0 Å². The summed E-state index contributed by atoms with van der Waals surface area (Å²) in [5.74, 6) is 0.322. The number of rotatable bonds is 7. The van der Waals surface area contributed by atoms with Gasteiger partial charge >= 0.3 is 10.3 Å². The zero-order valence-electron chi connectivity index (χ0n) is 12.4. The zero-order valence-corrected chi connectivity index (χ0v) is 13.2. The molecule has 1 aliphatic rings. The van der Waals surface area contributed by atoms with Crippen LogP contribution in [0, 0.1) is 0 Å². The number of hydrogen-bond donors (Lipinski definition) is 0. The van der Waals surface area contributed by atoms with E-state index in [-0.39, 0.29) is 6.10 Å². The van der Waals surface area contributed by atoms with Crippen molar-refractivity contribution in [3.8, 4) is 5.75 Å². The third-order valence-electron chi connectivity index (χ3n) is 3.24. The molecule has 5 nitrogen and oxygen atoms in total. The van der Waals surface area contributed by atoms with Gasteiger partial charge in [-0.2, -0.15) is 8.42 Å². The molecule has 2 rings (SSSR count). The number of nitrogens with zero attached hydrogens (tertiary/aromatic N) is 1. The Balaban J connectivity index is 2.34. The van der Waals surface area contributed by atoms with Gasteiger partial charge in [0.25, 0.3) is 0 Å². The molecule has 1 heterocycles. The van der Waals surface area contributed by atoms with Gasteiger partial charge in [0.2, 0.25) is 0 Å². The number of hydrogen-bond acceptors (Lipinski definition) is 4. The third kappa shape index (κ3) is 4.04. The van der Waals surface area contributed by atoms with Crippen molar-refractivity contribution in [3.63, 3.8) is 0 Å². The highest BCUT2D eigenvalue weighted by Gasteiger charge is 2.29. The van der Waals surface area contributed by atoms with Gasteiger partial charge in [-0.05, 0) is 25.0 Å². The maximum Gasteiger partial charge on any atom is 0.428 e. The Hall–Kier alpha value is -1.40. The van der Waals surface area contributed by atoms with Crippen LogP contribution in [0.5, 0.6) is 5.75 Å². The molecule has 1 aromatic carbocycles. The first-order valence-electron chi connectivity index (χ1n) is 7.32. The van der Waals surface area contributed by atoms with Gasteiger partial charge in [-0.1, -0.05) is 38.8 Å². The molecule has 0 radical (unpaired) electrons. The number of ether oxygens (including phenoxy) is 1. The smallest absolute Gasteiger partial charge is 0.372 e. The van der Waals surface area contributed by atoms with Crippen molar-refractivity contribution in [1.82, 2.24) is 0 Å². The highest BCUT2D eigenvalue weighted by Crippen LogP contribution is 2.29. The lowest BCUT2D eigenvalue weighted by atomic mass is 10.0. The van der Waals surface area contributed by atoms with E-state index in [4.69, 9.17) is 8.92 Å². The molecule has 6 heteroatoms. The zero-order chi connectivity index (χ0) is 15.3. The first-order valence-corrected chi connectivity index (χ1v) is 8.69. The lowest BCUT2D eigenvalue weighted by Gasteiger charge is -2.23. The summed E-state index contributed by atoms with van der Waals surface area (Å²) in [5, 5.41) is 0. The Bertz CT molecular complexity index is 610. The molecule has 0 aliphatic carbocycles. The van der Waals surface area contributed by atoms with Gasteiger partial charge in [0.15, 0.2) is 5.75 Å². The first-order chi connectivity index (χ1) is 10.1. The van der Waals surface area contributed by atoms with Gasteiger partial charge in [0.1, 0.15) is 6.10 Å². The fourth-order valence-corrected chi connectivity index (χ4v) is 3.08. The summed E-state index contributed by atoms with van der Waals surface area (Å²) < 4.78 is 38.2. The standard InChI is InChI=1S/C15H21NO4S/c1-3-5-11-19-14(8-4-2)15-12-9-6-7-10-13(12)20-21(17,18)16-15/h6-7,9-10,14H,3-5,8,11H2,1-2H3. The lowest BCUT2D eigenvalue weighted by Crippen LogP contribution is -2.30. The van der Waals surface area contributed by atoms with Gasteiger partial charge in [-0.3, -0.25) is 0 Å². The fourth-order valence-electron chi connectivity index (χ4n) is 2.22. The van der Waals surface area contributed by atoms with Crippen LogP contribution in [0.25, 0.3) is 0 Å². The second-order valence-corrected chi connectivity index (χ2v) is 6.19. The van der Waals surface area contributed by atoms with Gasteiger partial charge < -0.3 is 8.92 Å². The van der Waals surface area contributed by atoms with E-state index < -0.39 is 10.3 Å². The van der Waals surface area contributed by atoms with Crippen molar-refractivity contribution >= 4 is 16.0 Å². The fraction of sp³-hybridized carbons (Fsp3) is 0.533. The van der Waals surface area contributed by atoms with Crippen molar-refractivity contribution < 1.29 is 17.3 Å². The number of benzene rings is 1. The van der Waals surface area contributed by atoms with Gasteiger partial charge in [0.05, 0.1) is 5.71 Å². The molecule has 0 aromatic heterocycles. The molecule has 0 fully saturated rings. The van der Waals surface area contributed by atoms with Gasteiger partial charge in [0, 0.05) is 12.2 Å². The van der Waals surface area contributed by atoms with Crippen molar-refractivity contribution in [2.75, 3.05) is 6.61 Å². The number of para-hydroxylation sites is 1. The normalized spacial score (nSPS) is 17.5. The Morgan fingerprint density at radius 2 is 2.00 bits per heavy atom. The lowest BCUT2D eigenvalue weighted by molar-refractivity contribution is 0.0895. The van der Waals surface area contributed by atoms with E-state index >= 15 is 0 Å². The monoisotopic (exact) mass is 311 g/mol.